The number of nitrogens with two attached hydrogens (primary N) is 1. The van der Waals surface area contributed by atoms with Crippen LogP contribution < -0.4 is 5.73 Å². The fourth-order valence-electron chi connectivity index (χ4n) is 2.68. The summed E-state index contributed by atoms with van der Waals surface area (Å²) in [4.78, 5) is 3.60. The molecule has 0 aliphatic rings. The molecule has 0 saturated carbocycles. The number of nitrogens with zero attached hydrogens (tertiary/aromatic N) is 3. The first kappa shape index (κ1) is 14.3. The molecule has 0 saturated heterocycles. The van der Waals surface area contributed by atoms with Gasteiger partial charge in [0.2, 0.25) is 0 Å². The molecular weight excluding hydrogens is 280 g/mol. The molecule has 0 unspecified atom stereocenters. The maximum absolute atomic E-state index is 5.92. The summed E-state index contributed by atoms with van der Waals surface area (Å²) in [5, 5.41) is 5.56. The van der Waals surface area contributed by atoms with Gasteiger partial charge in [0.15, 0.2) is 0 Å². The van der Waals surface area contributed by atoms with E-state index in [0.717, 1.165) is 13.1 Å². The third-order valence-corrected chi connectivity index (χ3v) is 4.84. The maximum atomic E-state index is 5.92. The zero-order chi connectivity index (χ0) is 14.8. The van der Waals surface area contributed by atoms with E-state index in [-0.39, 0.29) is 0 Å². The first-order valence-corrected chi connectivity index (χ1v) is 7.84. The molecule has 0 spiro atoms. The minimum Gasteiger partial charge on any atom is -0.326 e. The van der Waals surface area contributed by atoms with E-state index in [4.69, 9.17) is 5.73 Å². The smallest absolute Gasteiger partial charge is 0.0534 e. The summed E-state index contributed by atoms with van der Waals surface area (Å²) in [5.74, 6) is 0. The largest absolute Gasteiger partial charge is 0.326 e. The second kappa shape index (κ2) is 5.97. The van der Waals surface area contributed by atoms with Crippen LogP contribution in [-0.2, 0) is 26.7 Å². The quantitative estimate of drug-likeness (QED) is 0.788. The lowest BCUT2D eigenvalue weighted by atomic mass is 10.1. The van der Waals surface area contributed by atoms with E-state index in [9.17, 15) is 0 Å². The zero-order valence-corrected chi connectivity index (χ0v) is 13.2. The lowest BCUT2D eigenvalue weighted by molar-refractivity contribution is 0.319. The highest BCUT2D eigenvalue weighted by molar-refractivity contribution is 7.19. The number of hydrogen-bond donors (Lipinski definition) is 1. The fraction of sp³-hybridized carbons (Fsp3) is 0.312. The van der Waals surface area contributed by atoms with Gasteiger partial charge in [-0.2, -0.15) is 5.10 Å². The molecular formula is C16H20N4S. The van der Waals surface area contributed by atoms with Crippen molar-refractivity contribution in [3.05, 3.63) is 52.7 Å². The number of hydrogen-bond acceptors (Lipinski definition) is 4. The van der Waals surface area contributed by atoms with Crippen LogP contribution in [0.5, 0.6) is 0 Å². The Morgan fingerprint density at radius 3 is 2.81 bits per heavy atom. The minimum absolute atomic E-state index is 0.607. The van der Waals surface area contributed by atoms with Gasteiger partial charge in [0.1, 0.15) is 0 Å². The third-order valence-electron chi connectivity index (χ3n) is 3.61. The van der Waals surface area contributed by atoms with Gasteiger partial charge in [0.05, 0.1) is 6.20 Å². The summed E-state index contributed by atoms with van der Waals surface area (Å²) in [5.41, 5.74) is 8.52. The summed E-state index contributed by atoms with van der Waals surface area (Å²) < 4.78 is 3.16. The van der Waals surface area contributed by atoms with Crippen molar-refractivity contribution in [1.29, 1.82) is 0 Å². The van der Waals surface area contributed by atoms with Gasteiger partial charge in [-0.05, 0) is 24.1 Å². The van der Waals surface area contributed by atoms with Gasteiger partial charge in [-0.15, -0.1) is 11.3 Å². The highest BCUT2D eigenvalue weighted by Crippen LogP contribution is 2.31. The van der Waals surface area contributed by atoms with Crippen LogP contribution in [0.2, 0.25) is 0 Å². The molecule has 4 nitrogen and oxygen atoms in total. The molecule has 0 aliphatic heterocycles. The molecule has 0 aliphatic carbocycles. The third kappa shape index (κ3) is 3.00. The molecule has 1 aromatic carbocycles. The Bertz CT molecular complexity index is 744. The second-order valence-corrected chi connectivity index (χ2v) is 6.54. The van der Waals surface area contributed by atoms with Crippen LogP contribution in [0.1, 0.15) is 16.0 Å². The Labute approximate surface area is 128 Å². The predicted octanol–water partition coefficient (Wildman–Crippen LogP) is 2.73. The molecule has 21 heavy (non-hydrogen) atoms. The van der Waals surface area contributed by atoms with Gasteiger partial charge in [-0.1, -0.05) is 18.2 Å². The first-order valence-electron chi connectivity index (χ1n) is 7.03. The van der Waals surface area contributed by atoms with E-state index >= 15 is 0 Å². The molecule has 0 radical (unpaired) electrons. The predicted molar refractivity (Wildman–Crippen MR) is 88.1 cm³/mol. The molecule has 2 aromatic heterocycles. The van der Waals surface area contributed by atoms with Crippen LogP contribution in [0.4, 0.5) is 0 Å². The van der Waals surface area contributed by atoms with Gasteiger partial charge >= 0.3 is 0 Å². The summed E-state index contributed by atoms with van der Waals surface area (Å²) in [7, 11) is 4.09. The number of aryl methyl sites for hydroxylation is 1. The highest BCUT2D eigenvalue weighted by atomic mass is 32.1. The van der Waals surface area contributed by atoms with Crippen molar-refractivity contribution < 1.29 is 0 Å². The van der Waals surface area contributed by atoms with Crippen LogP contribution in [0.25, 0.3) is 10.1 Å². The molecule has 2 heterocycles. The van der Waals surface area contributed by atoms with E-state index in [2.05, 4.69) is 47.5 Å². The number of aromatic nitrogens is 2. The Morgan fingerprint density at radius 2 is 2.10 bits per heavy atom. The average molecular weight is 300 g/mol. The first-order chi connectivity index (χ1) is 10.2. The molecule has 2 N–H and O–H groups in total. The van der Waals surface area contributed by atoms with E-state index < -0.39 is 0 Å². The minimum atomic E-state index is 0.607. The monoisotopic (exact) mass is 300 g/mol. The van der Waals surface area contributed by atoms with Gasteiger partial charge < -0.3 is 5.73 Å². The van der Waals surface area contributed by atoms with Gasteiger partial charge in [0, 0.05) is 48.0 Å². The molecule has 0 fully saturated rings. The van der Waals surface area contributed by atoms with E-state index in [1.807, 2.05) is 29.3 Å². The Morgan fingerprint density at radius 1 is 1.29 bits per heavy atom. The second-order valence-electron chi connectivity index (χ2n) is 5.40. The SMILES string of the molecule is CN(Cc1cnn(C)c1)Cc1c(CN)sc2ccccc12. The maximum Gasteiger partial charge on any atom is 0.0534 e. The Hall–Kier alpha value is -1.69. The van der Waals surface area contributed by atoms with Gasteiger partial charge in [-0.25, -0.2) is 0 Å². The summed E-state index contributed by atoms with van der Waals surface area (Å²) in [6, 6.07) is 8.55. The van der Waals surface area contributed by atoms with Crippen LogP contribution >= 0.6 is 11.3 Å². The van der Waals surface area contributed by atoms with E-state index in [1.54, 1.807) is 0 Å². The zero-order valence-electron chi connectivity index (χ0n) is 12.4. The number of rotatable bonds is 5. The van der Waals surface area contributed by atoms with E-state index in [1.165, 1.54) is 26.1 Å². The summed E-state index contributed by atoms with van der Waals surface area (Å²) >= 11 is 1.81. The normalized spacial score (nSPS) is 11.6. The van der Waals surface area contributed by atoms with E-state index in [0.29, 0.717) is 6.54 Å². The molecule has 3 aromatic rings. The van der Waals surface area contributed by atoms with Crippen molar-refractivity contribution in [3.63, 3.8) is 0 Å². The van der Waals surface area contributed by atoms with Crippen molar-refractivity contribution in [2.75, 3.05) is 7.05 Å². The molecule has 0 bridgehead atoms. The number of thiophene rings is 1. The number of fused-ring (bicyclic) bond motifs is 1. The average Bonchev–Trinajstić information content (AvgIpc) is 3.03. The topological polar surface area (TPSA) is 47.1 Å². The summed E-state index contributed by atoms with van der Waals surface area (Å²) in [6.45, 7) is 2.41. The standard InChI is InChI=1S/C16H20N4S/c1-19(9-12-8-18-20(2)10-12)11-14-13-5-3-4-6-15(13)21-16(14)7-17/h3-6,8,10H,7,9,11,17H2,1-2H3. The van der Waals surface area contributed by atoms with Crippen molar-refractivity contribution in [2.45, 2.75) is 19.6 Å². The van der Waals surface area contributed by atoms with Crippen LogP contribution in [0.15, 0.2) is 36.7 Å². The van der Waals surface area contributed by atoms with Crippen LogP contribution in [0.3, 0.4) is 0 Å². The van der Waals surface area contributed by atoms with Gasteiger partial charge in [0.25, 0.3) is 0 Å². The Kier molecular flexibility index (Phi) is 4.05. The molecule has 3 rings (SSSR count). The van der Waals surface area contributed by atoms with Crippen LogP contribution in [0, 0.1) is 0 Å². The summed E-state index contributed by atoms with van der Waals surface area (Å²) in [6.07, 6.45) is 3.98. The van der Waals surface area contributed by atoms with Crippen molar-refractivity contribution >= 4 is 21.4 Å². The molecule has 0 atom stereocenters. The van der Waals surface area contributed by atoms with Gasteiger partial charge in [-0.3, -0.25) is 9.58 Å². The lowest BCUT2D eigenvalue weighted by Gasteiger charge is -2.16. The lowest BCUT2D eigenvalue weighted by Crippen LogP contribution is -2.18. The van der Waals surface area contributed by atoms with Crippen LogP contribution in [-0.4, -0.2) is 21.7 Å². The fourth-order valence-corrected chi connectivity index (χ4v) is 3.77. The number of benzene rings is 1. The molecule has 5 heteroatoms. The highest BCUT2D eigenvalue weighted by Gasteiger charge is 2.13. The van der Waals surface area contributed by atoms with Crippen molar-refractivity contribution in [2.24, 2.45) is 12.8 Å². The molecule has 110 valence electrons. The molecule has 0 amide bonds. The Balaban J connectivity index is 1.83. The van der Waals surface area contributed by atoms with Crippen molar-refractivity contribution in [1.82, 2.24) is 14.7 Å². The van der Waals surface area contributed by atoms with Crippen molar-refractivity contribution in [3.8, 4) is 0 Å².